The van der Waals surface area contributed by atoms with Gasteiger partial charge in [-0.3, -0.25) is 11.3 Å². The summed E-state index contributed by atoms with van der Waals surface area (Å²) < 4.78 is 40.2. The van der Waals surface area contributed by atoms with Gasteiger partial charge in [-0.25, -0.2) is 13.2 Å². The summed E-state index contributed by atoms with van der Waals surface area (Å²) >= 11 is 6.01. The fourth-order valence-corrected chi connectivity index (χ4v) is 2.96. The maximum absolute atomic E-state index is 13.5. The molecule has 0 spiro atoms. The van der Waals surface area contributed by atoms with Gasteiger partial charge in [0.25, 0.3) is 0 Å². The first-order valence-corrected chi connectivity index (χ1v) is 6.59. The van der Waals surface area contributed by atoms with Gasteiger partial charge in [-0.05, 0) is 42.5 Å². The third-order valence-corrected chi connectivity index (χ3v) is 3.97. The highest BCUT2D eigenvalue weighted by Crippen LogP contribution is 2.43. The van der Waals surface area contributed by atoms with E-state index in [0.29, 0.717) is 23.4 Å². The molecule has 1 saturated carbocycles. The fourth-order valence-electron chi connectivity index (χ4n) is 2.73. The smallest absolute Gasteiger partial charge is 0.248 e. The molecule has 2 atom stereocenters. The molecule has 6 heteroatoms. The number of nitrogens with one attached hydrogen (secondary N) is 1. The molecule has 0 saturated heterocycles. The summed E-state index contributed by atoms with van der Waals surface area (Å²) in [6.07, 6.45) is 0.701. The normalized spacial score (nSPS) is 24.2. The van der Waals surface area contributed by atoms with Crippen molar-refractivity contribution in [3.63, 3.8) is 0 Å². The Morgan fingerprint density at radius 2 is 2.16 bits per heavy atom. The van der Waals surface area contributed by atoms with Crippen molar-refractivity contribution in [1.29, 1.82) is 0 Å². The van der Waals surface area contributed by atoms with E-state index in [9.17, 15) is 13.2 Å². The van der Waals surface area contributed by atoms with Crippen LogP contribution in [0.3, 0.4) is 0 Å². The van der Waals surface area contributed by atoms with Gasteiger partial charge in [0.1, 0.15) is 5.82 Å². The predicted octanol–water partition coefficient (Wildman–Crippen LogP) is 3.81. The van der Waals surface area contributed by atoms with Crippen molar-refractivity contribution in [2.45, 2.75) is 37.6 Å². The van der Waals surface area contributed by atoms with Crippen molar-refractivity contribution in [1.82, 2.24) is 5.43 Å². The third kappa shape index (κ3) is 3.41. The molecule has 2 nitrogen and oxygen atoms in total. The SMILES string of the molecule is NNC(c1cc(F)ccc1Cl)C1CCCC(F)(F)C1. The summed E-state index contributed by atoms with van der Waals surface area (Å²) in [5.41, 5.74) is 2.95. The highest BCUT2D eigenvalue weighted by molar-refractivity contribution is 6.31. The maximum atomic E-state index is 13.5. The van der Waals surface area contributed by atoms with Crippen LogP contribution < -0.4 is 11.3 Å². The van der Waals surface area contributed by atoms with Gasteiger partial charge in [-0.15, -0.1) is 0 Å². The van der Waals surface area contributed by atoms with E-state index in [1.54, 1.807) is 0 Å². The second kappa shape index (κ2) is 5.69. The first-order chi connectivity index (χ1) is 8.93. The molecule has 0 aromatic heterocycles. The van der Waals surface area contributed by atoms with Crippen LogP contribution in [-0.4, -0.2) is 5.92 Å². The van der Waals surface area contributed by atoms with Crippen molar-refractivity contribution in [2.24, 2.45) is 11.8 Å². The summed E-state index contributed by atoms with van der Waals surface area (Å²) in [6, 6.07) is 3.33. The van der Waals surface area contributed by atoms with Crippen molar-refractivity contribution >= 4 is 11.6 Å². The molecule has 2 unspecified atom stereocenters. The molecule has 1 aliphatic rings. The van der Waals surface area contributed by atoms with E-state index in [2.05, 4.69) is 5.43 Å². The van der Waals surface area contributed by atoms with Crippen LogP contribution in [0.15, 0.2) is 18.2 Å². The number of hydrazine groups is 1. The molecule has 1 aromatic rings. The molecule has 1 aliphatic carbocycles. The van der Waals surface area contributed by atoms with Crippen LogP contribution in [0.4, 0.5) is 13.2 Å². The van der Waals surface area contributed by atoms with E-state index < -0.39 is 17.8 Å². The Balaban J connectivity index is 2.26. The van der Waals surface area contributed by atoms with Crippen LogP contribution in [0.2, 0.25) is 5.02 Å². The van der Waals surface area contributed by atoms with Crippen molar-refractivity contribution in [3.8, 4) is 0 Å². The third-order valence-electron chi connectivity index (χ3n) is 3.62. The van der Waals surface area contributed by atoms with Gasteiger partial charge >= 0.3 is 0 Å². The minimum absolute atomic E-state index is 0.0995. The molecule has 0 radical (unpaired) electrons. The Hall–Kier alpha value is -0.780. The first kappa shape index (κ1) is 14.6. The molecule has 0 bridgehead atoms. The standard InChI is InChI=1S/C13H16ClF3N2/c14-11-4-3-9(15)6-10(11)12(19-18)8-2-1-5-13(16,17)7-8/h3-4,6,8,12,19H,1-2,5,7,18H2. The Labute approximate surface area is 115 Å². The number of alkyl halides is 2. The van der Waals surface area contributed by atoms with Gasteiger partial charge in [0.15, 0.2) is 0 Å². The van der Waals surface area contributed by atoms with Gasteiger partial charge in [0.2, 0.25) is 5.92 Å². The number of hydrogen-bond donors (Lipinski definition) is 2. The minimum Gasteiger partial charge on any atom is -0.271 e. The van der Waals surface area contributed by atoms with Gasteiger partial charge in [-0.2, -0.15) is 0 Å². The Kier molecular flexibility index (Phi) is 4.38. The lowest BCUT2D eigenvalue weighted by Gasteiger charge is -2.34. The quantitative estimate of drug-likeness (QED) is 0.657. The van der Waals surface area contributed by atoms with Crippen molar-refractivity contribution in [3.05, 3.63) is 34.6 Å². The lowest BCUT2D eigenvalue weighted by Crippen LogP contribution is -2.38. The minimum atomic E-state index is -2.68. The second-order valence-corrected chi connectivity index (χ2v) is 5.43. The van der Waals surface area contributed by atoms with Crippen LogP contribution >= 0.6 is 11.6 Å². The summed E-state index contributed by atoms with van der Waals surface area (Å²) in [5.74, 6) is 1.97. The molecule has 0 heterocycles. The number of rotatable bonds is 3. The van der Waals surface area contributed by atoms with Crippen LogP contribution in [0.1, 0.15) is 37.3 Å². The van der Waals surface area contributed by atoms with Crippen LogP contribution in [0.5, 0.6) is 0 Å². The summed E-state index contributed by atoms with van der Waals surface area (Å²) in [4.78, 5) is 0. The molecule has 19 heavy (non-hydrogen) atoms. The molecule has 0 aliphatic heterocycles. The largest absolute Gasteiger partial charge is 0.271 e. The summed E-state index contributed by atoms with van der Waals surface area (Å²) in [5, 5.41) is 0.332. The Morgan fingerprint density at radius 1 is 1.42 bits per heavy atom. The van der Waals surface area contributed by atoms with E-state index in [4.69, 9.17) is 17.4 Å². The van der Waals surface area contributed by atoms with Gasteiger partial charge in [0, 0.05) is 17.9 Å². The lowest BCUT2D eigenvalue weighted by atomic mass is 9.79. The number of hydrogen-bond acceptors (Lipinski definition) is 2. The first-order valence-electron chi connectivity index (χ1n) is 6.22. The van der Waals surface area contributed by atoms with Crippen molar-refractivity contribution < 1.29 is 13.2 Å². The number of halogens is 4. The van der Waals surface area contributed by atoms with Gasteiger partial charge in [-0.1, -0.05) is 11.6 Å². The van der Waals surface area contributed by atoms with Crippen LogP contribution in [-0.2, 0) is 0 Å². The van der Waals surface area contributed by atoms with E-state index in [1.807, 2.05) is 0 Å². The second-order valence-electron chi connectivity index (χ2n) is 5.02. The molecule has 106 valence electrons. The summed E-state index contributed by atoms with van der Waals surface area (Å²) in [6.45, 7) is 0. The number of benzene rings is 1. The zero-order valence-corrected chi connectivity index (χ0v) is 11.1. The predicted molar refractivity (Wildman–Crippen MR) is 68.4 cm³/mol. The molecule has 2 rings (SSSR count). The molecule has 3 N–H and O–H groups in total. The summed E-state index contributed by atoms with van der Waals surface area (Å²) in [7, 11) is 0. The van der Waals surface area contributed by atoms with Gasteiger partial charge in [0.05, 0.1) is 6.04 Å². The van der Waals surface area contributed by atoms with E-state index in [0.717, 1.165) is 0 Å². The zero-order valence-electron chi connectivity index (χ0n) is 10.3. The topological polar surface area (TPSA) is 38.0 Å². The van der Waals surface area contributed by atoms with Gasteiger partial charge < -0.3 is 0 Å². The molecule has 1 aromatic carbocycles. The van der Waals surface area contributed by atoms with E-state index >= 15 is 0 Å². The van der Waals surface area contributed by atoms with Crippen LogP contribution in [0, 0.1) is 11.7 Å². The average Bonchev–Trinajstić information content (AvgIpc) is 2.33. The van der Waals surface area contributed by atoms with Crippen molar-refractivity contribution in [2.75, 3.05) is 0 Å². The Morgan fingerprint density at radius 3 is 2.79 bits per heavy atom. The highest BCUT2D eigenvalue weighted by Gasteiger charge is 2.39. The fraction of sp³-hybridized carbons (Fsp3) is 0.538. The molecule has 0 amide bonds. The lowest BCUT2D eigenvalue weighted by molar-refractivity contribution is -0.0584. The molecular weight excluding hydrogens is 277 g/mol. The zero-order chi connectivity index (χ0) is 14.0. The van der Waals surface area contributed by atoms with E-state index in [1.165, 1.54) is 18.2 Å². The molecular formula is C13H16ClF3N2. The highest BCUT2D eigenvalue weighted by atomic mass is 35.5. The Bertz CT molecular complexity index is 454. The van der Waals surface area contributed by atoms with E-state index in [-0.39, 0.29) is 18.8 Å². The maximum Gasteiger partial charge on any atom is 0.248 e. The monoisotopic (exact) mass is 292 g/mol. The van der Waals surface area contributed by atoms with Crippen LogP contribution in [0.25, 0.3) is 0 Å². The number of nitrogens with two attached hydrogens (primary N) is 1. The molecule has 1 fully saturated rings. The average molecular weight is 293 g/mol.